The van der Waals surface area contributed by atoms with Crippen LogP contribution in [-0.2, 0) is 10.0 Å². The minimum atomic E-state index is -4.12. The summed E-state index contributed by atoms with van der Waals surface area (Å²) in [6.45, 7) is 0. The highest BCUT2D eigenvalue weighted by Crippen LogP contribution is 2.39. The van der Waals surface area contributed by atoms with Gasteiger partial charge in [0.2, 0.25) is 5.89 Å². The van der Waals surface area contributed by atoms with Crippen molar-refractivity contribution in [3.05, 3.63) is 34.4 Å². The molecule has 1 saturated carbocycles. The van der Waals surface area contributed by atoms with E-state index in [1.165, 1.54) is 12.1 Å². The van der Waals surface area contributed by atoms with E-state index in [9.17, 15) is 12.8 Å². The molecule has 0 amide bonds. The lowest BCUT2D eigenvalue weighted by molar-refractivity contribution is 0.380. The van der Waals surface area contributed by atoms with Gasteiger partial charge in [-0.3, -0.25) is 0 Å². The molecular weight excluding hydrogens is 353 g/mol. The molecule has 106 valence electrons. The lowest BCUT2D eigenvalue weighted by Crippen LogP contribution is -2.16. The van der Waals surface area contributed by atoms with Crippen molar-refractivity contribution in [2.24, 2.45) is 0 Å². The molecule has 20 heavy (non-hydrogen) atoms. The molecule has 3 rings (SSSR count). The van der Waals surface area contributed by atoms with Crippen molar-refractivity contribution in [2.75, 3.05) is 4.72 Å². The van der Waals surface area contributed by atoms with Crippen LogP contribution in [0.2, 0.25) is 0 Å². The third kappa shape index (κ3) is 2.55. The zero-order valence-corrected chi connectivity index (χ0v) is 12.4. The predicted molar refractivity (Wildman–Crippen MR) is 71.2 cm³/mol. The van der Waals surface area contributed by atoms with E-state index in [-0.39, 0.29) is 16.3 Å². The number of anilines is 1. The Hall–Kier alpha value is -1.48. The molecule has 1 aromatic carbocycles. The summed E-state index contributed by atoms with van der Waals surface area (Å²) in [5, 5.41) is 3.53. The second-order valence-corrected chi connectivity index (χ2v) is 6.86. The highest BCUT2D eigenvalue weighted by atomic mass is 79.9. The molecule has 6 nitrogen and oxygen atoms in total. The van der Waals surface area contributed by atoms with E-state index in [4.69, 9.17) is 4.52 Å². The van der Waals surface area contributed by atoms with Gasteiger partial charge in [0.25, 0.3) is 16.0 Å². The summed E-state index contributed by atoms with van der Waals surface area (Å²) in [6, 6.07) is 3.90. The Morgan fingerprint density at radius 2 is 2.15 bits per heavy atom. The summed E-state index contributed by atoms with van der Waals surface area (Å²) < 4.78 is 45.1. The number of sulfonamides is 1. The van der Waals surface area contributed by atoms with Gasteiger partial charge < -0.3 is 4.52 Å². The number of nitrogens with one attached hydrogen (secondary N) is 1. The molecule has 1 heterocycles. The molecule has 0 unspecified atom stereocenters. The Morgan fingerprint density at radius 1 is 1.40 bits per heavy atom. The van der Waals surface area contributed by atoms with E-state index in [0.29, 0.717) is 5.89 Å². The number of hydrogen-bond donors (Lipinski definition) is 1. The average molecular weight is 362 g/mol. The Labute approximate surface area is 122 Å². The van der Waals surface area contributed by atoms with Crippen molar-refractivity contribution >= 4 is 31.9 Å². The molecule has 0 aliphatic heterocycles. The second-order valence-electron chi connectivity index (χ2n) is 4.39. The van der Waals surface area contributed by atoms with E-state index < -0.39 is 20.7 Å². The molecule has 9 heteroatoms. The minimum absolute atomic E-state index is 0.121. The minimum Gasteiger partial charge on any atom is -0.337 e. The fourth-order valence-electron chi connectivity index (χ4n) is 1.68. The highest BCUT2D eigenvalue weighted by molar-refractivity contribution is 9.10. The predicted octanol–water partition coefficient (Wildman–Crippen LogP) is 2.65. The molecule has 1 aliphatic rings. The van der Waals surface area contributed by atoms with Crippen LogP contribution in [0.3, 0.4) is 0 Å². The maximum atomic E-state index is 13.7. The van der Waals surface area contributed by atoms with Crippen LogP contribution in [-0.4, -0.2) is 18.6 Å². The fraction of sp³-hybridized carbons (Fsp3) is 0.273. The van der Waals surface area contributed by atoms with E-state index in [0.717, 1.165) is 18.9 Å². The quantitative estimate of drug-likeness (QED) is 0.904. The Morgan fingerprint density at radius 3 is 2.80 bits per heavy atom. The first-order chi connectivity index (χ1) is 9.47. The number of nitrogens with zero attached hydrogens (tertiary/aromatic N) is 2. The first-order valence-corrected chi connectivity index (χ1v) is 8.05. The zero-order chi connectivity index (χ0) is 14.3. The van der Waals surface area contributed by atoms with E-state index in [1.54, 1.807) is 0 Å². The first-order valence-electron chi connectivity index (χ1n) is 5.78. The van der Waals surface area contributed by atoms with Crippen molar-refractivity contribution in [1.29, 1.82) is 0 Å². The van der Waals surface area contributed by atoms with Crippen LogP contribution >= 0.6 is 15.9 Å². The Bertz CT molecular complexity index is 738. The smallest absolute Gasteiger partial charge is 0.277 e. The molecule has 0 atom stereocenters. The maximum Gasteiger partial charge on any atom is 0.277 e. The van der Waals surface area contributed by atoms with Gasteiger partial charge >= 0.3 is 0 Å². The van der Waals surface area contributed by atoms with Crippen molar-refractivity contribution in [3.63, 3.8) is 0 Å². The molecule has 1 N–H and O–H groups in total. The van der Waals surface area contributed by atoms with Crippen LogP contribution in [0.5, 0.6) is 0 Å². The van der Waals surface area contributed by atoms with Crippen LogP contribution in [0.25, 0.3) is 0 Å². The van der Waals surface area contributed by atoms with Gasteiger partial charge in [-0.1, -0.05) is 6.07 Å². The summed E-state index contributed by atoms with van der Waals surface area (Å²) >= 11 is 3.01. The monoisotopic (exact) mass is 361 g/mol. The number of hydrogen-bond acceptors (Lipinski definition) is 5. The van der Waals surface area contributed by atoms with E-state index >= 15 is 0 Å². The highest BCUT2D eigenvalue weighted by Gasteiger charge is 2.31. The number of rotatable bonds is 4. The first kappa shape index (κ1) is 13.5. The number of aromatic nitrogens is 2. The number of halogens is 2. The van der Waals surface area contributed by atoms with Crippen LogP contribution < -0.4 is 4.72 Å². The SMILES string of the molecule is O=S(=O)(Nc1noc(C2CC2)n1)c1c(F)cccc1Br. The molecule has 1 fully saturated rings. The van der Waals surface area contributed by atoms with Gasteiger partial charge in [-0.15, -0.1) is 0 Å². The lowest BCUT2D eigenvalue weighted by Gasteiger charge is -2.07. The van der Waals surface area contributed by atoms with Gasteiger partial charge in [-0.2, -0.15) is 4.98 Å². The third-order valence-electron chi connectivity index (χ3n) is 2.78. The molecule has 0 saturated heterocycles. The van der Waals surface area contributed by atoms with Crippen molar-refractivity contribution < 1.29 is 17.3 Å². The topological polar surface area (TPSA) is 85.1 Å². The van der Waals surface area contributed by atoms with Gasteiger partial charge in [0.15, 0.2) is 0 Å². The van der Waals surface area contributed by atoms with E-state index in [2.05, 4.69) is 30.8 Å². The molecule has 0 radical (unpaired) electrons. The molecule has 1 aromatic heterocycles. The summed E-state index contributed by atoms with van der Waals surface area (Å²) in [6.07, 6.45) is 1.90. The van der Waals surface area contributed by atoms with Crippen molar-refractivity contribution in [1.82, 2.24) is 10.1 Å². The standard InChI is InChI=1S/C11H9BrFN3O3S/c12-7-2-1-3-8(13)9(7)20(17,18)16-11-14-10(19-15-11)6-4-5-6/h1-3,6H,4-5H2,(H,15,16). The summed E-state index contributed by atoms with van der Waals surface area (Å²) in [5.74, 6) is -0.448. The summed E-state index contributed by atoms with van der Waals surface area (Å²) in [4.78, 5) is 3.45. The summed E-state index contributed by atoms with van der Waals surface area (Å²) in [5.41, 5.74) is 0. The van der Waals surface area contributed by atoms with Gasteiger partial charge in [0.05, 0.1) is 0 Å². The van der Waals surface area contributed by atoms with Gasteiger partial charge in [-0.05, 0) is 46.1 Å². The number of benzene rings is 1. The second kappa shape index (κ2) is 4.81. The van der Waals surface area contributed by atoms with Crippen LogP contribution in [0, 0.1) is 5.82 Å². The van der Waals surface area contributed by atoms with Crippen LogP contribution in [0.15, 0.2) is 32.1 Å². The van der Waals surface area contributed by atoms with Gasteiger partial charge in [0, 0.05) is 10.4 Å². The molecule has 0 spiro atoms. The van der Waals surface area contributed by atoms with Crippen molar-refractivity contribution in [2.45, 2.75) is 23.7 Å². The van der Waals surface area contributed by atoms with Gasteiger partial charge in [0.1, 0.15) is 10.7 Å². The normalized spacial score (nSPS) is 15.3. The molecule has 2 aromatic rings. The molecular formula is C11H9BrFN3O3S. The Balaban J connectivity index is 1.91. The van der Waals surface area contributed by atoms with Crippen molar-refractivity contribution in [3.8, 4) is 0 Å². The summed E-state index contributed by atoms with van der Waals surface area (Å²) in [7, 11) is -4.12. The average Bonchev–Trinajstić information content (AvgIpc) is 3.10. The maximum absolute atomic E-state index is 13.7. The Kier molecular flexibility index (Phi) is 3.25. The third-order valence-corrected chi connectivity index (χ3v) is 5.11. The fourth-order valence-corrected chi connectivity index (χ4v) is 3.74. The lowest BCUT2D eigenvalue weighted by atomic mass is 10.3. The zero-order valence-electron chi connectivity index (χ0n) is 10.0. The largest absolute Gasteiger partial charge is 0.337 e. The van der Waals surface area contributed by atoms with Gasteiger partial charge in [-0.25, -0.2) is 17.5 Å². The van der Waals surface area contributed by atoms with Crippen LogP contribution in [0.1, 0.15) is 24.7 Å². The molecule has 1 aliphatic carbocycles. The van der Waals surface area contributed by atoms with E-state index in [1.807, 2.05) is 0 Å². The van der Waals surface area contributed by atoms with Crippen LogP contribution in [0.4, 0.5) is 10.3 Å². The molecule has 0 bridgehead atoms.